The number of nitrogens with zero attached hydrogens (tertiary/aromatic N) is 3. The number of hydrogen-bond donors (Lipinski definition) is 0. The fraction of sp³-hybridized carbons (Fsp3) is 0.0833. The third-order valence-corrected chi connectivity index (χ3v) is 5.03. The highest BCUT2D eigenvalue weighted by Gasteiger charge is 2.17. The molecule has 30 heavy (non-hydrogen) atoms. The molecule has 0 aliphatic heterocycles. The van der Waals surface area contributed by atoms with Crippen molar-refractivity contribution in [1.29, 1.82) is 0 Å². The van der Waals surface area contributed by atoms with Crippen LogP contribution in [0.25, 0.3) is 29.1 Å². The van der Waals surface area contributed by atoms with Crippen LogP contribution in [0.15, 0.2) is 73.2 Å². The van der Waals surface area contributed by atoms with Crippen molar-refractivity contribution in [2.45, 2.75) is 0 Å². The minimum absolute atomic E-state index is 0.618. The van der Waals surface area contributed by atoms with Crippen LogP contribution in [-0.4, -0.2) is 29.0 Å². The van der Waals surface area contributed by atoms with Crippen molar-refractivity contribution in [1.82, 2.24) is 14.8 Å². The average Bonchev–Trinajstić information content (AvgIpc) is 3.27. The van der Waals surface area contributed by atoms with E-state index < -0.39 is 0 Å². The Morgan fingerprint density at radius 3 is 2.37 bits per heavy atom. The lowest BCUT2D eigenvalue weighted by Gasteiger charge is -2.15. The number of aromatic nitrogens is 3. The van der Waals surface area contributed by atoms with E-state index in [0.717, 1.165) is 28.1 Å². The van der Waals surface area contributed by atoms with Gasteiger partial charge in [0.25, 0.3) is 0 Å². The average molecular weight is 418 g/mol. The summed E-state index contributed by atoms with van der Waals surface area (Å²) < 4.78 is 13.1. The number of ether oxygens (including phenoxy) is 2. The highest BCUT2D eigenvalue weighted by molar-refractivity contribution is 6.32. The number of rotatable bonds is 6. The second kappa shape index (κ2) is 8.84. The van der Waals surface area contributed by atoms with E-state index in [-0.39, 0.29) is 0 Å². The molecular formula is C24H20ClN3O2. The number of para-hydroxylation sites is 1. The standard InChI is InChI=1S/C24H20ClN3O2/c1-29-23-16-24(30-2)19(15-18(23)8-7-17-9-12-26-13-10-17)21-11-14-27-28(21)22-6-4-3-5-20(22)25/h3-16H,1-2H3. The summed E-state index contributed by atoms with van der Waals surface area (Å²) in [5.74, 6) is 1.39. The van der Waals surface area contributed by atoms with Crippen molar-refractivity contribution in [3.8, 4) is 28.4 Å². The molecule has 4 rings (SSSR count). The second-order valence-electron chi connectivity index (χ2n) is 6.49. The molecule has 0 unspecified atom stereocenters. The second-order valence-corrected chi connectivity index (χ2v) is 6.90. The van der Waals surface area contributed by atoms with Crippen LogP contribution in [0.2, 0.25) is 5.02 Å². The number of methoxy groups -OCH3 is 2. The normalized spacial score (nSPS) is 11.0. The quantitative estimate of drug-likeness (QED) is 0.399. The summed E-state index contributed by atoms with van der Waals surface area (Å²) in [5, 5.41) is 5.10. The van der Waals surface area contributed by atoms with Crippen LogP contribution in [0.5, 0.6) is 11.5 Å². The highest BCUT2D eigenvalue weighted by atomic mass is 35.5. The van der Waals surface area contributed by atoms with Gasteiger partial charge in [-0.25, -0.2) is 4.68 Å². The van der Waals surface area contributed by atoms with Crippen molar-refractivity contribution in [2.75, 3.05) is 14.2 Å². The van der Waals surface area contributed by atoms with Gasteiger partial charge in [0.1, 0.15) is 11.5 Å². The highest BCUT2D eigenvalue weighted by Crippen LogP contribution is 2.38. The lowest BCUT2D eigenvalue weighted by Crippen LogP contribution is -2.01. The molecule has 150 valence electrons. The van der Waals surface area contributed by atoms with E-state index in [4.69, 9.17) is 21.1 Å². The Morgan fingerprint density at radius 2 is 1.63 bits per heavy atom. The minimum Gasteiger partial charge on any atom is -0.496 e. The SMILES string of the molecule is COc1cc(OC)c(-c2ccnn2-c2ccccc2Cl)cc1C=Cc1ccncc1. The predicted molar refractivity (Wildman–Crippen MR) is 120 cm³/mol. The smallest absolute Gasteiger partial charge is 0.131 e. The summed E-state index contributed by atoms with van der Waals surface area (Å²) in [5.41, 5.74) is 4.50. The van der Waals surface area contributed by atoms with E-state index in [2.05, 4.69) is 10.1 Å². The van der Waals surface area contributed by atoms with E-state index in [9.17, 15) is 0 Å². The number of hydrogen-bond acceptors (Lipinski definition) is 4. The van der Waals surface area contributed by atoms with Gasteiger partial charge in [-0.3, -0.25) is 4.98 Å². The lowest BCUT2D eigenvalue weighted by atomic mass is 10.0. The molecule has 0 saturated carbocycles. The molecular weight excluding hydrogens is 398 g/mol. The Balaban J connectivity index is 1.84. The van der Waals surface area contributed by atoms with Crippen molar-refractivity contribution in [3.05, 3.63) is 89.3 Å². The third kappa shape index (κ3) is 3.93. The van der Waals surface area contributed by atoms with E-state index in [1.807, 2.05) is 71.4 Å². The van der Waals surface area contributed by atoms with Gasteiger partial charge in [-0.2, -0.15) is 5.10 Å². The van der Waals surface area contributed by atoms with Crippen LogP contribution >= 0.6 is 11.6 Å². The van der Waals surface area contributed by atoms with Crippen LogP contribution in [0.3, 0.4) is 0 Å². The molecule has 0 saturated heterocycles. The molecule has 0 aliphatic rings. The van der Waals surface area contributed by atoms with E-state index in [1.165, 1.54) is 0 Å². The number of halogens is 1. The zero-order valence-corrected chi connectivity index (χ0v) is 17.4. The Labute approximate surface area is 180 Å². The lowest BCUT2D eigenvalue weighted by molar-refractivity contribution is 0.394. The summed E-state index contributed by atoms with van der Waals surface area (Å²) >= 11 is 6.42. The van der Waals surface area contributed by atoms with Gasteiger partial charge in [-0.05, 0) is 42.0 Å². The topological polar surface area (TPSA) is 49.2 Å². The van der Waals surface area contributed by atoms with Gasteiger partial charge in [0.2, 0.25) is 0 Å². The third-order valence-electron chi connectivity index (χ3n) is 4.71. The Bertz CT molecular complexity index is 1190. The summed E-state index contributed by atoms with van der Waals surface area (Å²) in [6, 6.07) is 17.3. The van der Waals surface area contributed by atoms with Crippen LogP contribution in [0.1, 0.15) is 11.1 Å². The molecule has 2 aromatic heterocycles. The van der Waals surface area contributed by atoms with Crippen LogP contribution in [-0.2, 0) is 0 Å². The Kier molecular flexibility index (Phi) is 5.82. The van der Waals surface area contributed by atoms with Crippen molar-refractivity contribution < 1.29 is 9.47 Å². The van der Waals surface area contributed by atoms with E-state index >= 15 is 0 Å². The molecule has 0 bridgehead atoms. The molecule has 4 aromatic rings. The first-order valence-electron chi connectivity index (χ1n) is 9.34. The molecule has 0 N–H and O–H groups in total. The van der Waals surface area contributed by atoms with E-state index in [0.29, 0.717) is 16.5 Å². The molecule has 0 radical (unpaired) electrons. The van der Waals surface area contributed by atoms with Crippen LogP contribution in [0, 0.1) is 0 Å². The first kappa shape index (κ1) is 19.7. The van der Waals surface area contributed by atoms with Gasteiger partial charge in [-0.1, -0.05) is 35.9 Å². The number of pyridine rings is 1. The number of benzene rings is 2. The summed E-state index contributed by atoms with van der Waals surface area (Å²) in [6.45, 7) is 0. The first-order valence-corrected chi connectivity index (χ1v) is 9.72. The van der Waals surface area contributed by atoms with E-state index in [1.54, 1.807) is 32.8 Å². The van der Waals surface area contributed by atoms with Crippen molar-refractivity contribution >= 4 is 23.8 Å². The van der Waals surface area contributed by atoms with Gasteiger partial charge in [0.05, 0.1) is 36.8 Å². The maximum Gasteiger partial charge on any atom is 0.131 e. The zero-order valence-electron chi connectivity index (χ0n) is 16.6. The summed E-state index contributed by atoms with van der Waals surface area (Å²) in [7, 11) is 3.28. The maximum atomic E-state index is 6.42. The minimum atomic E-state index is 0.618. The summed E-state index contributed by atoms with van der Waals surface area (Å²) in [4.78, 5) is 4.05. The molecule has 0 fully saturated rings. The van der Waals surface area contributed by atoms with Gasteiger partial charge in [-0.15, -0.1) is 0 Å². The van der Waals surface area contributed by atoms with Gasteiger partial charge in [0.15, 0.2) is 0 Å². The molecule has 0 spiro atoms. The van der Waals surface area contributed by atoms with Gasteiger partial charge < -0.3 is 9.47 Å². The molecule has 0 amide bonds. The molecule has 6 heteroatoms. The first-order chi connectivity index (χ1) is 14.7. The maximum absolute atomic E-state index is 6.42. The fourth-order valence-corrected chi connectivity index (χ4v) is 3.45. The van der Waals surface area contributed by atoms with Crippen molar-refractivity contribution in [3.63, 3.8) is 0 Å². The largest absolute Gasteiger partial charge is 0.496 e. The molecule has 2 heterocycles. The van der Waals surface area contributed by atoms with Crippen LogP contribution in [0.4, 0.5) is 0 Å². The van der Waals surface area contributed by atoms with Gasteiger partial charge >= 0.3 is 0 Å². The molecule has 5 nitrogen and oxygen atoms in total. The zero-order chi connectivity index (χ0) is 20.9. The Hall–Kier alpha value is -3.57. The van der Waals surface area contributed by atoms with Crippen LogP contribution < -0.4 is 9.47 Å². The predicted octanol–water partition coefficient (Wildman–Crippen LogP) is 5.78. The molecule has 0 aliphatic carbocycles. The monoisotopic (exact) mass is 417 g/mol. The van der Waals surface area contributed by atoms with Crippen molar-refractivity contribution in [2.24, 2.45) is 0 Å². The van der Waals surface area contributed by atoms with Gasteiger partial charge in [0, 0.05) is 29.6 Å². The molecule has 2 aromatic carbocycles. The summed E-state index contributed by atoms with van der Waals surface area (Å²) in [6.07, 6.45) is 9.29. The fourth-order valence-electron chi connectivity index (χ4n) is 3.24. The molecule has 0 atom stereocenters. The Morgan fingerprint density at radius 1 is 0.867 bits per heavy atom.